The molecule has 2 aliphatic carbocycles. The Kier molecular flexibility index (Phi) is 5.53. The van der Waals surface area contributed by atoms with Crippen molar-refractivity contribution in [1.82, 2.24) is 0 Å². The zero-order chi connectivity index (χ0) is 14.8. The molecule has 0 amide bonds. The lowest BCUT2D eigenvalue weighted by atomic mass is 9.66. The molecule has 0 bridgehead atoms. The first-order valence-corrected chi connectivity index (χ1v) is 8.86. The van der Waals surface area contributed by atoms with Gasteiger partial charge in [0.15, 0.2) is 0 Å². The van der Waals surface area contributed by atoms with E-state index in [0.717, 1.165) is 24.4 Å². The topological polar surface area (TPSA) is 35.2 Å². The number of rotatable bonds is 4. The van der Waals surface area contributed by atoms with Gasteiger partial charge >= 0.3 is 0 Å². The van der Waals surface area contributed by atoms with Crippen LogP contribution in [-0.4, -0.2) is 18.2 Å². The maximum Gasteiger partial charge on any atom is 0.0835 e. The highest BCUT2D eigenvalue weighted by Gasteiger charge is 2.44. The lowest BCUT2D eigenvalue weighted by Gasteiger charge is -2.48. The van der Waals surface area contributed by atoms with Crippen LogP contribution in [0.2, 0.25) is 0 Å². The summed E-state index contributed by atoms with van der Waals surface area (Å²) in [6.07, 6.45) is 8.88. The monoisotopic (exact) mass is 281 g/mol. The molecule has 0 aliphatic heterocycles. The summed E-state index contributed by atoms with van der Waals surface area (Å²) >= 11 is 0. The van der Waals surface area contributed by atoms with E-state index in [1.807, 2.05) is 0 Å². The largest absolute Gasteiger partial charge is 0.374 e. The second kappa shape index (κ2) is 6.79. The Morgan fingerprint density at radius 2 is 1.55 bits per heavy atom. The normalized spacial score (nSPS) is 44.2. The Hall–Kier alpha value is -0.0800. The standard InChI is InChI=1S/C18H35NO/c1-5-20-18(8-6-13(2)7-9-18)17(19)16-11-14(3)10-15(4)12-16/h13-17H,5-12,19H2,1-4H3. The quantitative estimate of drug-likeness (QED) is 0.830. The highest BCUT2D eigenvalue weighted by Crippen LogP contribution is 2.43. The summed E-state index contributed by atoms with van der Waals surface area (Å²) in [5.41, 5.74) is 6.76. The molecule has 0 aromatic carbocycles. The molecule has 2 fully saturated rings. The minimum atomic E-state index is -0.0251. The number of hydrogen-bond donors (Lipinski definition) is 1. The van der Waals surface area contributed by atoms with E-state index in [9.17, 15) is 0 Å². The summed E-state index contributed by atoms with van der Waals surface area (Å²) in [6.45, 7) is 10.1. The van der Waals surface area contributed by atoms with Crippen molar-refractivity contribution in [3.8, 4) is 0 Å². The van der Waals surface area contributed by atoms with E-state index in [1.54, 1.807) is 0 Å². The molecule has 0 aromatic heterocycles. The molecule has 2 N–H and O–H groups in total. The zero-order valence-corrected chi connectivity index (χ0v) is 14.0. The van der Waals surface area contributed by atoms with Gasteiger partial charge in [-0.3, -0.25) is 0 Å². The molecule has 20 heavy (non-hydrogen) atoms. The Balaban J connectivity index is 2.08. The highest BCUT2D eigenvalue weighted by molar-refractivity contribution is 4.99. The van der Waals surface area contributed by atoms with E-state index in [4.69, 9.17) is 10.5 Å². The van der Waals surface area contributed by atoms with Gasteiger partial charge in [-0.25, -0.2) is 0 Å². The third-order valence-corrected chi connectivity index (χ3v) is 5.88. The summed E-state index contributed by atoms with van der Waals surface area (Å²) in [5.74, 6) is 3.17. The molecule has 3 unspecified atom stereocenters. The number of ether oxygens (including phenoxy) is 1. The predicted octanol–water partition coefficient (Wildman–Crippen LogP) is 4.37. The Bertz CT molecular complexity index is 286. The molecule has 3 atom stereocenters. The number of nitrogens with two attached hydrogens (primary N) is 1. The molecule has 118 valence electrons. The van der Waals surface area contributed by atoms with Crippen LogP contribution >= 0.6 is 0 Å². The SMILES string of the molecule is CCOC1(C(N)C2CC(C)CC(C)C2)CCC(C)CC1. The van der Waals surface area contributed by atoms with E-state index in [2.05, 4.69) is 27.7 Å². The third-order valence-electron chi connectivity index (χ3n) is 5.88. The minimum Gasteiger partial charge on any atom is -0.374 e. The molecule has 0 spiro atoms. The van der Waals surface area contributed by atoms with Gasteiger partial charge in [-0.15, -0.1) is 0 Å². The van der Waals surface area contributed by atoms with Gasteiger partial charge in [0.25, 0.3) is 0 Å². The second-order valence-corrected chi connectivity index (χ2v) is 7.88. The highest BCUT2D eigenvalue weighted by atomic mass is 16.5. The van der Waals surface area contributed by atoms with Gasteiger partial charge in [-0.1, -0.05) is 20.8 Å². The van der Waals surface area contributed by atoms with Gasteiger partial charge in [0.1, 0.15) is 0 Å². The van der Waals surface area contributed by atoms with Crippen molar-refractivity contribution in [3.05, 3.63) is 0 Å². The molecule has 0 aromatic rings. The van der Waals surface area contributed by atoms with Crippen LogP contribution in [0.1, 0.15) is 72.6 Å². The van der Waals surface area contributed by atoms with Gasteiger partial charge in [0.05, 0.1) is 5.60 Å². The first-order chi connectivity index (χ1) is 9.47. The van der Waals surface area contributed by atoms with Crippen molar-refractivity contribution in [1.29, 1.82) is 0 Å². The molecular formula is C18H35NO. The van der Waals surface area contributed by atoms with Gasteiger partial charge in [-0.2, -0.15) is 0 Å². The predicted molar refractivity (Wildman–Crippen MR) is 85.6 cm³/mol. The summed E-state index contributed by atoms with van der Waals surface area (Å²) in [4.78, 5) is 0. The fourth-order valence-electron chi connectivity index (χ4n) is 4.84. The smallest absolute Gasteiger partial charge is 0.0835 e. The fourth-order valence-corrected chi connectivity index (χ4v) is 4.84. The first kappa shape index (κ1) is 16.3. The van der Waals surface area contributed by atoms with Crippen LogP contribution in [0.3, 0.4) is 0 Å². The van der Waals surface area contributed by atoms with E-state index in [-0.39, 0.29) is 11.6 Å². The van der Waals surface area contributed by atoms with Crippen molar-refractivity contribution in [2.24, 2.45) is 29.4 Å². The Labute approximate surface area is 125 Å². The van der Waals surface area contributed by atoms with Crippen LogP contribution in [-0.2, 0) is 4.74 Å². The zero-order valence-electron chi connectivity index (χ0n) is 14.0. The van der Waals surface area contributed by atoms with Crippen molar-refractivity contribution >= 4 is 0 Å². The molecule has 2 saturated carbocycles. The third kappa shape index (κ3) is 3.57. The van der Waals surface area contributed by atoms with E-state index >= 15 is 0 Å². The van der Waals surface area contributed by atoms with Crippen LogP contribution < -0.4 is 5.73 Å². The van der Waals surface area contributed by atoms with E-state index in [1.165, 1.54) is 44.9 Å². The average Bonchev–Trinajstić information content (AvgIpc) is 2.40. The van der Waals surface area contributed by atoms with Gasteiger partial charge in [-0.05, 0) is 75.5 Å². The Morgan fingerprint density at radius 3 is 2.05 bits per heavy atom. The molecule has 0 saturated heterocycles. The summed E-state index contributed by atoms with van der Waals surface area (Å²) in [6, 6.07) is 0.236. The van der Waals surface area contributed by atoms with Crippen molar-refractivity contribution in [2.45, 2.75) is 84.3 Å². The fraction of sp³-hybridized carbons (Fsp3) is 1.00. The molecule has 0 radical (unpaired) electrons. The van der Waals surface area contributed by atoms with Crippen molar-refractivity contribution in [3.63, 3.8) is 0 Å². The van der Waals surface area contributed by atoms with Gasteiger partial charge < -0.3 is 10.5 Å². The lowest BCUT2D eigenvalue weighted by Crippen LogP contribution is -2.56. The second-order valence-electron chi connectivity index (χ2n) is 7.88. The summed E-state index contributed by atoms with van der Waals surface area (Å²) in [5, 5.41) is 0. The van der Waals surface area contributed by atoms with Crippen LogP contribution in [0, 0.1) is 23.7 Å². The van der Waals surface area contributed by atoms with Crippen molar-refractivity contribution < 1.29 is 4.74 Å². The average molecular weight is 281 g/mol. The Morgan fingerprint density at radius 1 is 1.00 bits per heavy atom. The maximum absolute atomic E-state index is 6.79. The van der Waals surface area contributed by atoms with Crippen LogP contribution in [0.5, 0.6) is 0 Å². The maximum atomic E-state index is 6.79. The molecule has 0 heterocycles. The summed E-state index contributed by atoms with van der Waals surface area (Å²) in [7, 11) is 0. The van der Waals surface area contributed by atoms with Gasteiger partial charge in [0.2, 0.25) is 0 Å². The van der Waals surface area contributed by atoms with Crippen LogP contribution in [0.4, 0.5) is 0 Å². The minimum absolute atomic E-state index is 0.0251. The van der Waals surface area contributed by atoms with Crippen molar-refractivity contribution in [2.75, 3.05) is 6.61 Å². The van der Waals surface area contributed by atoms with Crippen LogP contribution in [0.15, 0.2) is 0 Å². The van der Waals surface area contributed by atoms with Crippen LogP contribution in [0.25, 0.3) is 0 Å². The van der Waals surface area contributed by atoms with Gasteiger partial charge in [0, 0.05) is 12.6 Å². The molecule has 2 aliphatic rings. The molecule has 2 rings (SSSR count). The van der Waals surface area contributed by atoms with E-state index in [0.29, 0.717) is 5.92 Å². The molecule has 2 nitrogen and oxygen atoms in total. The lowest BCUT2D eigenvalue weighted by molar-refractivity contribution is -0.105. The first-order valence-electron chi connectivity index (χ1n) is 8.86. The van der Waals surface area contributed by atoms with E-state index < -0.39 is 0 Å². The molecule has 2 heteroatoms. The summed E-state index contributed by atoms with van der Waals surface area (Å²) < 4.78 is 6.28. The number of hydrogen-bond acceptors (Lipinski definition) is 2. The molecular weight excluding hydrogens is 246 g/mol.